The number of hydrogen-bond donors (Lipinski definition) is 1. The van der Waals surface area contributed by atoms with Crippen molar-refractivity contribution in [2.45, 2.75) is 31.7 Å². The summed E-state index contributed by atoms with van der Waals surface area (Å²) in [6, 6.07) is 20.6. The summed E-state index contributed by atoms with van der Waals surface area (Å²) in [5.74, 6) is 0.550. The first-order chi connectivity index (χ1) is 11.3. The van der Waals surface area contributed by atoms with Crippen LogP contribution in [0.1, 0.15) is 36.4 Å². The van der Waals surface area contributed by atoms with E-state index in [1.54, 1.807) is 0 Å². The molecule has 2 aromatic carbocycles. The molecule has 1 N–H and O–H groups in total. The molecule has 0 spiro atoms. The topological polar surface area (TPSA) is 29.1 Å². The number of carbonyl (C=O) groups excluding carboxylic acids is 1. The Bertz CT molecular complexity index is 648. The summed E-state index contributed by atoms with van der Waals surface area (Å²) in [6.45, 7) is 0. The maximum Gasteiger partial charge on any atom is 0.221 e. The molecule has 2 nitrogen and oxygen atoms in total. The molecule has 0 saturated heterocycles. The van der Waals surface area contributed by atoms with Gasteiger partial charge in [-0.3, -0.25) is 4.79 Å². The van der Waals surface area contributed by atoms with Crippen molar-refractivity contribution in [3.8, 4) is 0 Å². The summed E-state index contributed by atoms with van der Waals surface area (Å²) in [5.41, 5.74) is 2.40. The van der Waals surface area contributed by atoms with Crippen molar-refractivity contribution < 1.29 is 4.79 Å². The summed E-state index contributed by atoms with van der Waals surface area (Å²) >= 11 is 0. The normalized spacial score (nSPS) is 17.8. The van der Waals surface area contributed by atoms with E-state index < -0.39 is 0 Å². The molecule has 0 radical (unpaired) electrons. The lowest BCUT2D eigenvalue weighted by molar-refractivity contribution is -0.122. The minimum atomic E-state index is 0.0245. The molecule has 2 heteroatoms. The Balaban J connectivity index is 1.69. The molecule has 0 saturated carbocycles. The van der Waals surface area contributed by atoms with Gasteiger partial charge >= 0.3 is 0 Å². The molecule has 23 heavy (non-hydrogen) atoms. The molecular formula is C21H23NO. The van der Waals surface area contributed by atoms with Gasteiger partial charge in [-0.1, -0.05) is 72.8 Å². The van der Waals surface area contributed by atoms with Crippen molar-refractivity contribution in [1.82, 2.24) is 5.32 Å². The first kappa shape index (κ1) is 15.5. The quantitative estimate of drug-likeness (QED) is 0.785. The second-order valence-corrected chi connectivity index (χ2v) is 6.19. The van der Waals surface area contributed by atoms with Crippen molar-refractivity contribution in [3.05, 3.63) is 83.9 Å². The molecule has 0 aliphatic heterocycles. The lowest BCUT2D eigenvalue weighted by Gasteiger charge is -2.20. The second-order valence-electron chi connectivity index (χ2n) is 6.19. The predicted octanol–water partition coefficient (Wildman–Crippen LogP) is 4.44. The van der Waals surface area contributed by atoms with Gasteiger partial charge in [0.05, 0.1) is 6.04 Å². The zero-order valence-electron chi connectivity index (χ0n) is 13.3. The largest absolute Gasteiger partial charge is 0.349 e. The Kier molecular flexibility index (Phi) is 5.25. The van der Waals surface area contributed by atoms with Crippen molar-refractivity contribution >= 4 is 5.91 Å². The van der Waals surface area contributed by atoms with E-state index in [1.165, 1.54) is 5.56 Å². The molecule has 0 unspecified atom stereocenters. The number of hydrogen-bond acceptors (Lipinski definition) is 1. The van der Waals surface area contributed by atoms with Crippen LogP contribution in [0.5, 0.6) is 0 Å². The van der Waals surface area contributed by atoms with Crippen molar-refractivity contribution in [2.24, 2.45) is 5.92 Å². The lowest BCUT2D eigenvalue weighted by Crippen LogP contribution is -2.30. The molecule has 2 aromatic rings. The van der Waals surface area contributed by atoms with Crippen LogP contribution in [0, 0.1) is 5.92 Å². The lowest BCUT2D eigenvalue weighted by atomic mass is 9.98. The van der Waals surface area contributed by atoms with E-state index in [-0.39, 0.29) is 11.9 Å². The third kappa shape index (κ3) is 4.56. The zero-order valence-corrected chi connectivity index (χ0v) is 13.3. The predicted molar refractivity (Wildman–Crippen MR) is 94.0 cm³/mol. The Morgan fingerprint density at radius 3 is 2.39 bits per heavy atom. The Labute approximate surface area is 138 Å². The molecule has 1 aliphatic carbocycles. The SMILES string of the molecule is O=C(C[C@H]1C=CCC1)N[C@@H](Cc1ccccc1)c1ccccc1. The summed E-state index contributed by atoms with van der Waals surface area (Å²) in [6.07, 6.45) is 7.96. The van der Waals surface area contributed by atoms with Gasteiger partial charge in [0.2, 0.25) is 5.91 Å². The van der Waals surface area contributed by atoms with Gasteiger partial charge in [0.15, 0.2) is 0 Å². The fraction of sp³-hybridized carbons (Fsp3) is 0.286. The van der Waals surface area contributed by atoms with Crippen LogP contribution in [0.3, 0.4) is 0 Å². The van der Waals surface area contributed by atoms with Gasteiger partial charge in [-0.2, -0.15) is 0 Å². The Morgan fingerprint density at radius 1 is 1.04 bits per heavy atom. The average molecular weight is 305 g/mol. The zero-order chi connectivity index (χ0) is 15.9. The molecule has 0 aromatic heterocycles. The van der Waals surface area contributed by atoms with Crippen molar-refractivity contribution in [2.75, 3.05) is 0 Å². The highest BCUT2D eigenvalue weighted by molar-refractivity contribution is 5.77. The summed E-state index contributed by atoms with van der Waals surface area (Å²) < 4.78 is 0. The van der Waals surface area contributed by atoms with Gasteiger partial charge in [0.1, 0.15) is 0 Å². The van der Waals surface area contributed by atoms with E-state index in [1.807, 2.05) is 36.4 Å². The van der Waals surface area contributed by atoms with E-state index in [2.05, 4.69) is 41.7 Å². The molecule has 1 aliphatic rings. The molecule has 3 rings (SSSR count). The van der Waals surface area contributed by atoms with Crippen LogP contribution in [-0.4, -0.2) is 5.91 Å². The third-order valence-electron chi connectivity index (χ3n) is 4.38. The van der Waals surface area contributed by atoms with Gasteiger partial charge in [0, 0.05) is 6.42 Å². The Morgan fingerprint density at radius 2 is 1.74 bits per heavy atom. The van der Waals surface area contributed by atoms with Gasteiger partial charge < -0.3 is 5.32 Å². The maximum absolute atomic E-state index is 12.4. The summed E-state index contributed by atoms with van der Waals surface area (Å²) in [5, 5.41) is 3.24. The first-order valence-electron chi connectivity index (χ1n) is 8.36. The van der Waals surface area contributed by atoms with Gasteiger partial charge in [0.25, 0.3) is 0 Å². The smallest absolute Gasteiger partial charge is 0.221 e. The fourth-order valence-corrected chi connectivity index (χ4v) is 3.14. The molecule has 0 heterocycles. The van der Waals surface area contributed by atoms with E-state index in [0.29, 0.717) is 12.3 Å². The highest BCUT2D eigenvalue weighted by atomic mass is 16.1. The number of amides is 1. The Hall–Kier alpha value is -2.35. The van der Waals surface area contributed by atoms with Crippen LogP contribution >= 0.6 is 0 Å². The third-order valence-corrected chi connectivity index (χ3v) is 4.38. The second kappa shape index (κ2) is 7.77. The van der Waals surface area contributed by atoms with Crippen LogP contribution in [0.25, 0.3) is 0 Å². The van der Waals surface area contributed by atoms with Crippen molar-refractivity contribution in [1.29, 1.82) is 0 Å². The van der Waals surface area contributed by atoms with E-state index in [0.717, 1.165) is 24.8 Å². The van der Waals surface area contributed by atoms with Crippen LogP contribution in [-0.2, 0) is 11.2 Å². The number of carbonyl (C=O) groups is 1. The monoisotopic (exact) mass is 305 g/mol. The number of allylic oxidation sites excluding steroid dienone is 2. The average Bonchev–Trinajstić information content (AvgIpc) is 3.09. The minimum Gasteiger partial charge on any atom is -0.349 e. The van der Waals surface area contributed by atoms with Crippen LogP contribution < -0.4 is 5.32 Å². The molecule has 0 fully saturated rings. The number of rotatable bonds is 6. The van der Waals surface area contributed by atoms with Crippen LogP contribution in [0.2, 0.25) is 0 Å². The van der Waals surface area contributed by atoms with Gasteiger partial charge in [-0.15, -0.1) is 0 Å². The van der Waals surface area contributed by atoms with Crippen LogP contribution in [0.15, 0.2) is 72.8 Å². The minimum absolute atomic E-state index is 0.0245. The molecule has 0 bridgehead atoms. The molecule has 2 atom stereocenters. The fourth-order valence-electron chi connectivity index (χ4n) is 3.14. The van der Waals surface area contributed by atoms with Crippen LogP contribution in [0.4, 0.5) is 0 Å². The highest BCUT2D eigenvalue weighted by Gasteiger charge is 2.18. The summed E-state index contributed by atoms with van der Waals surface area (Å²) in [4.78, 5) is 12.4. The molecule has 1 amide bonds. The van der Waals surface area contributed by atoms with E-state index in [4.69, 9.17) is 0 Å². The van der Waals surface area contributed by atoms with E-state index in [9.17, 15) is 4.79 Å². The molecular weight excluding hydrogens is 282 g/mol. The van der Waals surface area contributed by atoms with Crippen molar-refractivity contribution in [3.63, 3.8) is 0 Å². The van der Waals surface area contributed by atoms with Gasteiger partial charge in [-0.25, -0.2) is 0 Å². The highest BCUT2D eigenvalue weighted by Crippen LogP contribution is 2.22. The van der Waals surface area contributed by atoms with Gasteiger partial charge in [-0.05, 0) is 36.3 Å². The number of benzene rings is 2. The number of nitrogens with one attached hydrogen (secondary N) is 1. The maximum atomic E-state index is 12.4. The van der Waals surface area contributed by atoms with E-state index >= 15 is 0 Å². The standard InChI is InChI=1S/C21H23NO/c23-21(16-18-11-7-8-12-18)22-20(19-13-5-2-6-14-19)15-17-9-3-1-4-10-17/h1-7,9-11,13-14,18,20H,8,12,15-16H2,(H,22,23)/t18-,20-/m0/s1. The first-order valence-corrected chi connectivity index (χ1v) is 8.36. The molecule has 118 valence electrons. The summed E-state index contributed by atoms with van der Waals surface area (Å²) in [7, 11) is 0.